The van der Waals surface area contributed by atoms with Crippen LogP contribution in [0.25, 0.3) is 33.7 Å². The first-order valence-corrected chi connectivity index (χ1v) is 11.4. The molecule has 1 aliphatic heterocycles. The van der Waals surface area contributed by atoms with Gasteiger partial charge in [0.2, 0.25) is 5.89 Å². The number of carboxylic acid groups (broad SMARTS) is 1. The maximum atomic E-state index is 15.5. The smallest absolute Gasteiger partial charge is 0.307 e. The van der Waals surface area contributed by atoms with Crippen LogP contribution in [0, 0.1) is 17.6 Å². The Kier molecular flexibility index (Phi) is 4.95. The van der Waals surface area contributed by atoms with E-state index in [2.05, 4.69) is 9.88 Å². The zero-order valence-corrected chi connectivity index (χ0v) is 18.3. The first kappa shape index (κ1) is 21.0. The van der Waals surface area contributed by atoms with Crippen LogP contribution in [0.5, 0.6) is 0 Å². The average molecular weight is 460 g/mol. The summed E-state index contributed by atoms with van der Waals surface area (Å²) in [4.78, 5) is 18.0. The fourth-order valence-corrected chi connectivity index (χ4v) is 5.38. The summed E-state index contributed by atoms with van der Waals surface area (Å²) in [7, 11) is 0. The van der Waals surface area contributed by atoms with Crippen molar-refractivity contribution in [3.8, 4) is 22.6 Å². The minimum atomic E-state index is -0.789. The van der Waals surface area contributed by atoms with Gasteiger partial charge in [-0.3, -0.25) is 9.69 Å². The molecule has 2 atom stereocenters. The number of carbonyl (C=O) groups is 1. The molecule has 1 aromatic heterocycles. The maximum Gasteiger partial charge on any atom is 0.307 e. The molecular formula is C27H22F2N2O3. The summed E-state index contributed by atoms with van der Waals surface area (Å²) in [5.41, 5.74) is 3.12. The second-order valence-corrected chi connectivity index (χ2v) is 9.03. The molecule has 6 rings (SSSR count). The topological polar surface area (TPSA) is 66.6 Å². The zero-order chi connectivity index (χ0) is 23.4. The first-order chi connectivity index (χ1) is 16.5. The molecule has 0 saturated carbocycles. The number of hydrogen-bond acceptors (Lipinski definition) is 4. The zero-order valence-electron chi connectivity index (χ0n) is 18.3. The van der Waals surface area contributed by atoms with Gasteiger partial charge in [0.05, 0.1) is 11.5 Å². The SMILES string of the molecule is O=C(O)[C@@H]1CCN([C@@H]2CCc3c2cc2nc(-c4cccc(-c5ccccc5)c4F)oc2c3F)C1. The van der Waals surface area contributed by atoms with Crippen LogP contribution in [0.15, 0.2) is 59.0 Å². The van der Waals surface area contributed by atoms with Crippen LogP contribution < -0.4 is 0 Å². The third kappa shape index (κ3) is 3.30. The van der Waals surface area contributed by atoms with Crippen molar-refractivity contribution in [2.75, 3.05) is 13.1 Å². The van der Waals surface area contributed by atoms with Crippen LogP contribution in [-0.2, 0) is 11.2 Å². The van der Waals surface area contributed by atoms with E-state index >= 15 is 8.78 Å². The highest BCUT2D eigenvalue weighted by Gasteiger charge is 2.37. The van der Waals surface area contributed by atoms with Gasteiger partial charge in [-0.25, -0.2) is 13.8 Å². The van der Waals surface area contributed by atoms with Gasteiger partial charge in [0, 0.05) is 18.2 Å². The van der Waals surface area contributed by atoms with Crippen LogP contribution >= 0.6 is 0 Å². The van der Waals surface area contributed by atoms with Gasteiger partial charge in [-0.15, -0.1) is 0 Å². The number of halogens is 2. The molecule has 1 saturated heterocycles. The molecule has 1 aliphatic carbocycles. The van der Waals surface area contributed by atoms with Crippen LogP contribution in [0.2, 0.25) is 0 Å². The molecule has 3 aromatic carbocycles. The summed E-state index contributed by atoms with van der Waals surface area (Å²) in [6.07, 6.45) is 1.87. The van der Waals surface area contributed by atoms with E-state index in [9.17, 15) is 9.90 Å². The molecular weight excluding hydrogens is 438 g/mol. The van der Waals surface area contributed by atoms with E-state index < -0.39 is 23.5 Å². The van der Waals surface area contributed by atoms with Crippen molar-refractivity contribution < 1.29 is 23.1 Å². The van der Waals surface area contributed by atoms with Crippen LogP contribution in [-0.4, -0.2) is 34.0 Å². The highest BCUT2D eigenvalue weighted by Crippen LogP contribution is 2.43. The normalized spacial score (nSPS) is 20.2. The van der Waals surface area contributed by atoms with E-state index in [0.717, 1.165) is 17.5 Å². The molecule has 0 radical (unpaired) electrons. The molecule has 0 unspecified atom stereocenters. The predicted octanol–water partition coefficient (Wildman–Crippen LogP) is 5.83. The predicted molar refractivity (Wildman–Crippen MR) is 123 cm³/mol. The number of oxazole rings is 1. The largest absolute Gasteiger partial charge is 0.481 e. The highest BCUT2D eigenvalue weighted by atomic mass is 19.1. The van der Waals surface area contributed by atoms with E-state index in [1.165, 1.54) is 0 Å². The highest BCUT2D eigenvalue weighted by molar-refractivity contribution is 5.81. The van der Waals surface area contributed by atoms with Crippen LogP contribution in [0.4, 0.5) is 8.78 Å². The Labute approximate surface area is 194 Å². The Morgan fingerprint density at radius 1 is 1.03 bits per heavy atom. The second-order valence-electron chi connectivity index (χ2n) is 9.03. The fourth-order valence-electron chi connectivity index (χ4n) is 5.38. The minimum Gasteiger partial charge on any atom is -0.481 e. The minimum absolute atomic E-state index is 0.0312. The molecule has 7 heteroatoms. The summed E-state index contributed by atoms with van der Waals surface area (Å²) < 4.78 is 36.7. The number of likely N-dealkylation sites (tertiary alicyclic amines) is 1. The number of rotatable bonds is 4. The molecule has 1 fully saturated rings. The van der Waals surface area contributed by atoms with Gasteiger partial charge in [0.1, 0.15) is 11.3 Å². The van der Waals surface area contributed by atoms with Crippen molar-refractivity contribution in [2.24, 2.45) is 5.92 Å². The van der Waals surface area contributed by atoms with Gasteiger partial charge in [-0.05, 0) is 54.6 Å². The van der Waals surface area contributed by atoms with Crippen molar-refractivity contribution in [3.63, 3.8) is 0 Å². The summed E-state index contributed by atoms with van der Waals surface area (Å²) >= 11 is 0. The van der Waals surface area contributed by atoms with Crippen molar-refractivity contribution in [1.29, 1.82) is 0 Å². The van der Waals surface area contributed by atoms with E-state index in [1.807, 2.05) is 36.4 Å². The molecule has 0 spiro atoms. The molecule has 0 amide bonds. The lowest BCUT2D eigenvalue weighted by Gasteiger charge is -2.24. The summed E-state index contributed by atoms with van der Waals surface area (Å²) in [6.45, 7) is 1.13. The number of benzene rings is 3. The van der Waals surface area contributed by atoms with Crippen molar-refractivity contribution in [2.45, 2.75) is 25.3 Å². The molecule has 4 aromatic rings. The Morgan fingerprint density at radius 3 is 2.59 bits per heavy atom. The van der Waals surface area contributed by atoms with E-state index in [4.69, 9.17) is 4.42 Å². The van der Waals surface area contributed by atoms with Gasteiger partial charge in [0.15, 0.2) is 11.4 Å². The summed E-state index contributed by atoms with van der Waals surface area (Å²) in [5.74, 6) is -2.07. The summed E-state index contributed by atoms with van der Waals surface area (Å²) in [6, 6.07) is 16.0. The molecule has 34 heavy (non-hydrogen) atoms. The van der Waals surface area contributed by atoms with Gasteiger partial charge in [-0.1, -0.05) is 42.5 Å². The van der Waals surface area contributed by atoms with E-state index in [0.29, 0.717) is 42.6 Å². The van der Waals surface area contributed by atoms with Crippen molar-refractivity contribution >= 4 is 17.1 Å². The third-order valence-electron chi connectivity index (χ3n) is 7.11. The lowest BCUT2D eigenvalue weighted by atomic mass is 10.0. The maximum absolute atomic E-state index is 15.5. The van der Waals surface area contributed by atoms with Gasteiger partial charge >= 0.3 is 5.97 Å². The average Bonchev–Trinajstić information content (AvgIpc) is 3.58. The van der Waals surface area contributed by atoms with Crippen LogP contribution in [0.3, 0.4) is 0 Å². The molecule has 1 N–H and O–H groups in total. The quantitative estimate of drug-likeness (QED) is 0.415. The number of carboxylic acids is 1. The van der Waals surface area contributed by atoms with Crippen molar-refractivity contribution in [1.82, 2.24) is 9.88 Å². The Balaban J connectivity index is 1.39. The van der Waals surface area contributed by atoms with E-state index in [-0.39, 0.29) is 23.1 Å². The molecule has 5 nitrogen and oxygen atoms in total. The molecule has 2 aliphatic rings. The van der Waals surface area contributed by atoms with E-state index in [1.54, 1.807) is 18.2 Å². The number of nitrogens with zero attached hydrogens (tertiary/aromatic N) is 2. The standard InChI is InChI=1S/C27H22F2N2O3/c28-23-17(15-5-2-1-3-6-15)7-4-8-19(23)26-30-21-13-20-18(24(29)25(21)34-26)9-10-22(20)31-12-11-16(14-31)27(32)33/h1-8,13,16,22H,9-12,14H2,(H,32,33)/t16-,22-/m1/s1. The second kappa shape index (κ2) is 8.02. The first-order valence-electron chi connectivity index (χ1n) is 11.4. The Morgan fingerprint density at radius 2 is 1.82 bits per heavy atom. The van der Waals surface area contributed by atoms with Crippen molar-refractivity contribution in [3.05, 3.63) is 77.4 Å². The number of aliphatic carboxylic acids is 1. The number of fused-ring (bicyclic) bond motifs is 2. The number of hydrogen-bond donors (Lipinski definition) is 1. The lowest BCUT2D eigenvalue weighted by Crippen LogP contribution is -2.26. The lowest BCUT2D eigenvalue weighted by molar-refractivity contribution is -0.141. The molecule has 172 valence electrons. The monoisotopic (exact) mass is 460 g/mol. The van der Waals surface area contributed by atoms with Gasteiger partial charge < -0.3 is 9.52 Å². The Bertz CT molecular complexity index is 1420. The van der Waals surface area contributed by atoms with Gasteiger partial charge in [0.25, 0.3) is 0 Å². The van der Waals surface area contributed by atoms with Gasteiger partial charge in [-0.2, -0.15) is 0 Å². The molecule has 2 heterocycles. The fraction of sp³-hybridized carbons (Fsp3) is 0.259. The number of aromatic nitrogens is 1. The molecule has 0 bridgehead atoms. The third-order valence-corrected chi connectivity index (χ3v) is 7.11. The van der Waals surface area contributed by atoms with Crippen LogP contribution in [0.1, 0.15) is 30.0 Å². The summed E-state index contributed by atoms with van der Waals surface area (Å²) in [5, 5.41) is 9.34. The Hall–Kier alpha value is -3.58.